The van der Waals surface area contributed by atoms with Crippen LogP contribution in [0.5, 0.6) is 0 Å². The van der Waals surface area contributed by atoms with Crippen LogP contribution in [0.3, 0.4) is 0 Å². The number of halogens is 2. The van der Waals surface area contributed by atoms with Gasteiger partial charge in [0.05, 0.1) is 11.3 Å². The molecule has 90 valence electrons. The van der Waals surface area contributed by atoms with E-state index < -0.39 is 0 Å². The van der Waals surface area contributed by atoms with E-state index in [9.17, 15) is 0 Å². The van der Waals surface area contributed by atoms with Crippen molar-refractivity contribution in [2.75, 3.05) is 11.1 Å². The minimum atomic E-state index is 0.464. The maximum absolute atomic E-state index is 9.03. The summed E-state index contributed by atoms with van der Waals surface area (Å²) in [5.74, 6) is 0. The summed E-state index contributed by atoms with van der Waals surface area (Å²) in [5.41, 5.74) is 8.00. The van der Waals surface area contributed by atoms with Crippen molar-refractivity contribution >= 4 is 40.3 Å². The Morgan fingerprint density at radius 1 is 1.06 bits per heavy atom. The van der Waals surface area contributed by atoms with Crippen molar-refractivity contribution in [1.82, 2.24) is 0 Å². The second-order valence-corrected chi connectivity index (χ2v) is 4.57. The molecule has 3 N–H and O–H groups in total. The van der Waals surface area contributed by atoms with Gasteiger partial charge in [-0.1, -0.05) is 23.2 Å². The van der Waals surface area contributed by atoms with E-state index in [2.05, 4.69) is 11.4 Å². The molecule has 0 saturated heterocycles. The fourth-order valence-electron chi connectivity index (χ4n) is 1.54. The Hall–Kier alpha value is -1.89. The van der Waals surface area contributed by atoms with E-state index in [1.807, 2.05) is 0 Å². The van der Waals surface area contributed by atoms with Gasteiger partial charge in [0.1, 0.15) is 6.07 Å². The van der Waals surface area contributed by atoms with Crippen molar-refractivity contribution in [3.63, 3.8) is 0 Å². The normalized spacial score (nSPS) is 9.83. The van der Waals surface area contributed by atoms with Crippen molar-refractivity contribution in [3.8, 4) is 6.07 Å². The van der Waals surface area contributed by atoms with Gasteiger partial charge < -0.3 is 11.1 Å². The van der Waals surface area contributed by atoms with E-state index in [0.29, 0.717) is 32.7 Å². The smallest absolute Gasteiger partial charge is 0.101 e. The molecule has 0 amide bonds. The average molecular weight is 278 g/mol. The van der Waals surface area contributed by atoms with Crippen molar-refractivity contribution in [1.29, 1.82) is 5.26 Å². The highest BCUT2D eigenvalue weighted by Crippen LogP contribution is 2.27. The lowest BCUT2D eigenvalue weighted by atomic mass is 10.1. The Balaban J connectivity index is 2.37. The summed E-state index contributed by atoms with van der Waals surface area (Å²) in [7, 11) is 0. The average Bonchev–Trinajstić information content (AvgIpc) is 2.30. The molecule has 0 fully saturated rings. The number of nitrogens with one attached hydrogen (secondary N) is 1. The monoisotopic (exact) mass is 277 g/mol. The molecule has 0 heterocycles. The number of anilines is 3. The molecule has 2 rings (SSSR count). The largest absolute Gasteiger partial charge is 0.399 e. The van der Waals surface area contributed by atoms with E-state index in [4.69, 9.17) is 34.2 Å². The van der Waals surface area contributed by atoms with Crippen LogP contribution in [0, 0.1) is 11.3 Å². The number of nitrogens with two attached hydrogens (primary N) is 1. The zero-order valence-corrected chi connectivity index (χ0v) is 10.8. The van der Waals surface area contributed by atoms with Gasteiger partial charge in [-0.25, -0.2) is 0 Å². The lowest BCUT2D eigenvalue weighted by Crippen LogP contribution is -1.95. The number of nitrogen functional groups attached to an aromatic ring is 1. The second kappa shape index (κ2) is 5.18. The first-order valence-corrected chi connectivity index (χ1v) is 5.87. The van der Waals surface area contributed by atoms with E-state index in [-0.39, 0.29) is 0 Å². The van der Waals surface area contributed by atoms with Crippen LogP contribution in [0.1, 0.15) is 5.56 Å². The third kappa shape index (κ3) is 2.86. The summed E-state index contributed by atoms with van der Waals surface area (Å²) in [6.45, 7) is 0. The summed E-state index contributed by atoms with van der Waals surface area (Å²) in [5, 5.41) is 13.2. The molecule has 0 radical (unpaired) electrons. The first-order valence-electron chi connectivity index (χ1n) is 5.11. The topological polar surface area (TPSA) is 61.8 Å². The Bertz CT molecular complexity index is 612. The summed E-state index contributed by atoms with van der Waals surface area (Å²) in [6.07, 6.45) is 0. The zero-order chi connectivity index (χ0) is 13.1. The molecule has 0 saturated carbocycles. The summed E-state index contributed by atoms with van der Waals surface area (Å²) < 4.78 is 0. The molecular formula is C13H9Cl2N3. The molecule has 18 heavy (non-hydrogen) atoms. The standard InChI is InChI=1S/C13H9Cl2N3/c14-9-4-10(15)6-12(5-9)18-13-2-1-11(17)3-8(13)7-16/h1-6,18H,17H2. The maximum atomic E-state index is 9.03. The van der Waals surface area contributed by atoms with Crippen LogP contribution in [-0.4, -0.2) is 0 Å². The van der Waals surface area contributed by atoms with E-state index in [0.717, 1.165) is 0 Å². The van der Waals surface area contributed by atoms with Gasteiger partial charge >= 0.3 is 0 Å². The highest BCUT2D eigenvalue weighted by molar-refractivity contribution is 6.35. The fourth-order valence-corrected chi connectivity index (χ4v) is 2.07. The zero-order valence-electron chi connectivity index (χ0n) is 9.24. The minimum absolute atomic E-state index is 0.464. The number of nitrogens with zero attached hydrogens (tertiary/aromatic N) is 1. The predicted octanol–water partition coefficient (Wildman–Crippen LogP) is 4.19. The molecule has 0 aliphatic rings. The molecule has 0 spiro atoms. The highest BCUT2D eigenvalue weighted by Gasteiger charge is 2.04. The Kier molecular flexibility index (Phi) is 3.61. The third-order valence-corrected chi connectivity index (χ3v) is 2.74. The lowest BCUT2D eigenvalue weighted by Gasteiger charge is -2.09. The molecule has 0 atom stereocenters. The van der Waals surface area contributed by atoms with Gasteiger partial charge in [0.15, 0.2) is 0 Å². The number of hydrogen-bond acceptors (Lipinski definition) is 3. The molecule has 0 aromatic heterocycles. The van der Waals surface area contributed by atoms with Crippen molar-refractivity contribution in [2.24, 2.45) is 0 Å². The van der Waals surface area contributed by atoms with Crippen LogP contribution in [0.2, 0.25) is 10.0 Å². The first kappa shape index (κ1) is 12.6. The number of nitriles is 1. The van der Waals surface area contributed by atoms with E-state index in [1.54, 1.807) is 36.4 Å². The van der Waals surface area contributed by atoms with Crippen LogP contribution in [0.4, 0.5) is 17.1 Å². The Labute approximate surface area is 115 Å². The molecular weight excluding hydrogens is 269 g/mol. The first-order chi connectivity index (χ1) is 8.58. The SMILES string of the molecule is N#Cc1cc(N)ccc1Nc1cc(Cl)cc(Cl)c1. The predicted molar refractivity (Wildman–Crippen MR) is 75.3 cm³/mol. The van der Waals surface area contributed by atoms with E-state index in [1.165, 1.54) is 0 Å². The van der Waals surface area contributed by atoms with Crippen LogP contribution in [0.25, 0.3) is 0 Å². The second-order valence-electron chi connectivity index (χ2n) is 3.70. The highest BCUT2D eigenvalue weighted by atomic mass is 35.5. The third-order valence-electron chi connectivity index (χ3n) is 2.31. The lowest BCUT2D eigenvalue weighted by molar-refractivity contribution is 1.46. The molecule has 2 aromatic carbocycles. The van der Waals surface area contributed by atoms with Gasteiger partial charge in [0, 0.05) is 21.4 Å². The van der Waals surface area contributed by atoms with Crippen molar-refractivity contribution in [3.05, 3.63) is 52.0 Å². The minimum Gasteiger partial charge on any atom is -0.399 e. The van der Waals surface area contributed by atoms with Gasteiger partial charge in [-0.05, 0) is 36.4 Å². The molecule has 0 bridgehead atoms. The number of rotatable bonds is 2. The molecule has 0 unspecified atom stereocenters. The van der Waals surface area contributed by atoms with Gasteiger partial charge in [-0.2, -0.15) is 5.26 Å². The van der Waals surface area contributed by atoms with Gasteiger partial charge in [0.2, 0.25) is 0 Å². The van der Waals surface area contributed by atoms with Gasteiger partial charge in [-0.3, -0.25) is 0 Å². The summed E-state index contributed by atoms with van der Waals surface area (Å²) in [6, 6.07) is 12.2. The molecule has 2 aromatic rings. The quantitative estimate of drug-likeness (QED) is 0.809. The molecule has 0 aliphatic heterocycles. The van der Waals surface area contributed by atoms with Gasteiger partial charge in [-0.15, -0.1) is 0 Å². The maximum Gasteiger partial charge on any atom is 0.101 e. The summed E-state index contributed by atoms with van der Waals surface area (Å²) >= 11 is 11.8. The number of hydrogen-bond donors (Lipinski definition) is 2. The van der Waals surface area contributed by atoms with Crippen molar-refractivity contribution < 1.29 is 0 Å². The van der Waals surface area contributed by atoms with Crippen LogP contribution in [-0.2, 0) is 0 Å². The van der Waals surface area contributed by atoms with Crippen LogP contribution in [0.15, 0.2) is 36.4 Å². The number of benzene rings is 2. The Morgan fingerprint density at radius 3 is 2.33 bits per heavy atom. The van der Waals surface area contributed by atoms with E-state index >= 15 is 0 Å². The fraction of sp³-hybridized carbons (Fsp3) is 0. The van der Waals surface area contributed by atoms with Crippen molar-refractivity contribution in [2.45, 2.75) is 0 Å². The molecule has 5 heteroatoms. The van der Waals surface area contributed by atoms with Crippen LogP contribution < -0.4 is 11.1 Å². The Morgan fingerprint density at radius 2 is 1.72 bits per heavy atom. The van der Waals surface area contributed by atoms with Crippen LogP contribution >= 0.6 is 23.2 Å². The molecule has 0 aliphatic carbocycles. The van der Waals surface area contributed by atoms with Gasteiger partial charge in [0.25, 0.3) is 0 Å². The summed E-state index contributed by atoms with van der Waals surface area (Å²) in [4.78, 5) is 0. The molecule has 3 nitrogen and oxygen atoms in total.